The van der Waals surface area contributed by atoms with Crippen molar-refractivity contribution in [3.8, 4) is 11.8 Å². The Labute approximate surface area is 161 Å². The molecular formula is C23H26N2O2. The van der Waals surface area contributed by atoms with E-state index in [4.69, 9.17) is 10.00 Å². The van der Waals surface area contributed by atoms with Gasteiger partial charge in [0.15, 0.2) is 0 Å². The number of nitriles is 1. The van der Waals surface area contributed by atoms with Gasteiger partial charge in [0.1, 0.15) is 5.75 Å². The van der Waals surface area contributed by atoms with Gasteiger partial charge in [-0.1, -0.05) is 30.3 Å². The number of amides is 1. The Kier molecular flexibility index (Phi) is 8.12. The van der Waals surface area contributed by atoms with E-state index in [9.17, 15) is 4.79 Å². The fraction of sp³-hybridized carbons (Fsp3) is 0.304. The average molecular weight is 362 g/mol. The van der Waals surface area contributed by atoms with Crippen molar-refractivity contribution in [3.63, 3.8) is 0 Å². The molecule has 27 heavy (non-hydrogen) atoms. The second kappa shape index (κ2) is 10.8. The van der Waals surface area contributed by atoms with E-state index >= 15 is 0 Å². The fourth-order valence-corrected chi connectivity index (χ4v) is 2.75. The molecule has 0 atom stereocenters. The fourth-order valence-electron chi connectivity index (χ4n) is 2.75. The summed E-state index contributed by atoms with van der Waals surface area (Å²) in [6.45, 7) is 7.42. The first kappa shape index (κ1) is 20.3. The smallest absolute Gasteiger partial charge is 0.223 e. The first-order valence-electron chi connectivity index (χ1n) is 9.19. The number of carbonyl (C=O) groups excluding carboxylic acids is 1. The van der Waals surface area contributed by atoms with Crippen LogP contribution < -0.4 is 4.74 Å². The van der Waals surface area contributed by atoms with E-state index in [-0.39, 0.29) is 5.91 Å². The Morgan fingerprint density at radius 1 is 1.22 bits per heavy atom. The zero-order valence-electron chi connectivity index (χ0n) is 15.9. The lowest BCUT2D eigenvalue weighted by Gasteiger charge is -2.21. The summed E-state index contributed by atoms with van der Waals surface area (Å²) in [6.07, 6.45) is 3.84. The number of carbonyl (C=O) groups is 1. The van der Waals surface area contributed by atoms with Gasteiger partial charge in [-0.25, -0.2) is 0 Å². The molecular weight excluding hydrogens is 336 g/mol. The van der Waals surface area contributed by atoms with Crippen LogP contribution in [0.5, 0.6) is 5.75 Å². The summed E-state index contributed by atoms with van der Waals surface area (Å²) < 4.78 is 5.73. The molecule has 140 valence electrons. The Balaban J connectivity index is 1.76. The summed E-state index contributed by atoms with van der Waals surface area (Å²) in [7, 11) is 0. The molecule has 4 heteroatoms. The molecule has 0 N–H and O–H groups in total. The lowest BCUT2D eigenvalue weighted by molar-refractivity contribution is -0.131. The maximum Gasteiger partial charge on any atom is 0.223 e. The van der Waals surface area contributed by atoms with Gasteiger partial charge in [-0.3, -0.25) is 4.79 Å². The van der Waals surface area contributed by atoms with Gasteiger partial charge in [0.25, 0.3) is 0 Å². The monoisotopic (exact) mass is 362 g/mol. The van der Waals surface area contributed by atoms with Gasteiger partial charge in [0.2, 0.25) is 5.91 Å². The lowest BCUT2D eigenvalue weighted by Crippen LogP contribution is -2.30. The topological polar surface area (TPSA) is 53.3 Å². The molecule has 0 unspecified atom stereocenters. The Morgan fingerprint density at radius 2 is 2.00 bits per heavy atom. The van der Waals surface area contributed by atoms with Crippen molar-refractivity contribution in [2.24, 2.45) is 0 Å². The van der Waals surface area contributed by atoms with Gasteiger partial charge < -0.3 is 9.64 Å². The number of hydrogen-bond donors (Lipinski definition) is 0. The van der Waals surface area contributed by atoms with Crippen LogP contribution in [-0.2, 0) is 11.3 Å². The molecule has 0 saturated carbocycles. The van der Waals surface area contributed by atoms with Crippen LogP contribution in [0, 0.1) is 18.3 Å². The largest absolute Gasteiger partial charge is 0.494 e. The molecule has 0 heterocycles. The summed E-state index contributed by atoms with van der Waals surface area (Å²) in [5.74, 6) is 0.977. The third-order valence-electron chi connectivity index (χ3n) is 4.20. The molecule has 0 aliphatic carbocycles. The number of unbranched alkanes of at least 4 members (excludes halogenated alkanes) is 1. The molecule has 0 aliphatic rings. The van der Waals surface area contributed by atoms with Gasteiger partial charge in [0.05, 0.1) is 18.2 Å². The van der Waals surface area contributed by atoms with Crippen molar-refractivity contribution in [2.75, 3.05) is 13.2 Å². The Bertz CT molecular complexity index is 791. The van der Waals surface area contributed by atoms with E-state index in [0.29, 0.717) is 31.7 Å². The van der Waals surface area contributed by atoms with Gasteiger partial charge in [0, 0.05) is 19.5 Å². The number of aryl methyl sites for hydroxylation is 1. The van der Waals surface area contributed by atoms with Crippen LogP contribution in [0.1, 0.15) is 36.0 Å². The normalized spacial score (nSPS) is 10.1. The van der Waals surface area contributed by atoms with E-state index in [1.165, 1.54) is 5.56 Å². The zero-order chi connectivity index (χ0) is 19.5. The number of hydrogen-bond acceptors (Lipinski definition) is 3. The van der Waals surface area contributed by atoms with Crippen LogP contribution in [0.2, 0.25) is 0 Å². The molecule has 1 amide bonds. The summed E-state index contributed by atoms with van der Waals surface area (Å²) >= 11 is 0. The number of benzene rings is 2. The third-order valence-corrected chi connectivity index (χ3v) is 4.20. The highest BCUT2D eigenvalue weighted by Crippen LogP contribution is 2.14. The first-order valence-corrected chi connectivity index (χ1v) is 9.19. The predicted octanol–water partition coefficient (Wildman–Crippen LogP) is 4.63. The van der Waals surface area contributed by atoms with Crippen LogP contribution in [0.3, 0.4) is 0 Å². The molecule has 2 rings (SSSR count). The van der Waals surface area contributed by atoms with Crippen molar-refractivity contribution in [1.82, 2.24) is 4.90 Å². The maximum absolute atomic E-state index is 12.5. The Morgan fingerprint density at radius 3 is 2.67 bits per heavy atom. The molecule has 2 aromatic rings. The van der Waals surface area contributed by atoms with Crippen LogP contribution in [0.4, 0.5) is 0 Å². The van der Waals surface area contributed by atoms with Gasteiger partial charge in [-0.15, -0.1) is 6.58 Å². The lowest BCUT2D eigenvalue weighted by atomic mass is 10.1. The molecule has 0 aromatic heterocycles. The van der Waals surface area contributed by atoms with Crippen LogP contribution in [-0.4, -0.2) is 24.0 Å². The SMILES string of the molecule is C=CCN(Cc1ccc(C#N)cc1)C(=O)CCCCOc1cccc(C)c1. The van der Waals surface area contributed by atoms with Gasteiger partial charge in [-0.2, -0.15) is 5.26 Å². The minimum absolute atomic E-state index is 0.106. The van der Waals surface area contributed by atoms with Gasteiger partial charge >= 0.3 is 0 Å². The highest BCUT2D eigenvalue weighted by molar-refractivity contribution is 5.76. The van der Waals surface area contributed by atoms with Crippen molar-refractivity contribution in [3.05, 3.63) is 77.9 Å². The number of rotatable bonds is 10. The molecule has 0 radical (unpaired) electrons. The number of ether oxygens (including phenoxy) is 1. The van der Waals surface area contributed by atoms with E-state index in [2.05, 4.69) is 12.6 Å². The molecule has 2 aromatic carbocycles. The van der Waals surface area contributed by atoms with Crippen LogP contribution in [0.25, 0.3) is 0 Å². The predicted molar refractivity (Wildman–Crippen MR) is 107 cm³/mol. The second-order valence-electron chi connectivity index (χ2n) is 6.49. The summed E-state index contributed by atoms with van der Waals surface area (Å²) in [4.78, 5) is 14.3. The van der Waals surface area contributed by atoms with Crippen LogP contribution >= 0.6 is 0 Å². The van der Waals surface area contributed by atoms with Crippen molar-refractivity contribution in [2.45, 2.75) is 32.7 Å². The first-order chi connectivity index (χ1) is 13.1. The highest BCUT2D eigenvalue weighted by atomic mass is 16.5. The minimum atomic E-state index is 0.106. The van der Waals surface area contributed by atoms with Gasteiger partial charge in [-0.05, 0) is 55.2 Å². The quantitative estimate of drug-likeness (QED) is 0.457. The third kappa shape index (κ3) is 6.99. The van der Waals surface area contributed by atoms with E-state index in [0.717, 1.165) is 24.2 Å². The van der Waals surface area contributed by atoms with E-state index in [1.807, 2.05) is 43.3 Å². The highest BCUT2D eigenvalue weighted by Gasteiger charge is 2.12. The van der Waals surface area contributed by atoms with Crippen molar-refractivity contribution >= 4 is 5.91 Å². The summed E-state index contributed by atoms with van der Waals surface area (Å²) in [6, 6.07) is 17.4. The summed E-state index contributed by atoms with van der Waals surface area (Å²) in [5, 5.41) is 8.87. The van der Waals surface area contributed by atoms with E-state index in [1.54, 1.807) is 23.1 Å². The average Bonchev–Trinajstić information content (AvgIpc) is 2.68. The second-order valence-corrected chi connectivity index (χ2v) is 6.49. The summed E-state index contributed by atoms with van der Waals surface area (Å²) in [5.41, 5.74) is 2.80. The van der Waals surface area contributed by atoms with Crippen molar-refractivity contribution in [1.29, 1.82) is 5.26 Å². The maximum atomic E-state index is 12.5. The molecule has 4 nitrogen and oxygen atoms in total. The van der Waals surface area contributed by atoms with Crippen LogP contribution in [0.15, 0.2) is 61.2 Å². The standard InChI is InChI=1S/C23H26N2O2/c1-3-14-25(18-21-12-10-20(17-24)11-13-21)23(26)9-4-5-15-27-22-8-6-7-19(2)16-22/h3,6-8,10-13,16H,1,4-5,9,14-15,18H2,2H3. The molecule has 0 aliphatic heterocycles. The molecule has 0 fully saturated rings. The zero-order valence-corrected chi connectivity index (χ0v) is 15.9. The molecule has 0 saturated heterocycles. The minimum Gasteiger partial charge on any atom is -0.494 e. The number of nitrogens with zero attached hydrogens (tertiary/aromatic N) is 2. The van der Waals surface area contributed by atoms with E-state index < -0.39 is 0 Å². The molecule has 0 spiro atoms. The van der Waals surface area contributed by atoms with Crippen molar-refractivity contribution < 1.29 is 9.53 Å². The Hall–Kier alpha value is -3.06. The molecule has 0 bridgehead atoms.